The molecule has 1 aliphatic heterocycles. The van der Waals surface area contributed by atoms with Gasteiger partial charge in [-0.2, -0.15) is 0 Å². The Kier molecular flexibility index (Phi) is 8.57. The number of aromatic nitrogens is 1. The number of carbonyl (C=O) groups excluding carboxylic acids is 1. The number of benzene rings is 3. The second kappa shape index (κ2) is 12.4. The molecular formula is C33H39N3O2. The summed E-state index contributed by atoms with van der Waals surface area (Å²) in [4.78, 5) is 15.7. The van der Waals surface area contributed by atoms with Crippen molar-refractivity contribution in [3.05, 3.63) is 107 Å². The van der Waals surface area contributed by atoms with Gasteiger partial charge in [-0.25, -0.2) is 0 Å². The molecule has 0 bridgehead atoms. The number of rotatable bonds is 10. The van der Waals surface area contributed by atoms with Gasteiger partial charge in [-0.05, 0) is 49.6 Å². The molecule has 5 nitrogen and oxygen atoms in total. The lowest BCUT2D eigenvalue weighted by Gasteiger charge is -2.26. The van der Waals surface area contributed by atoms with Crippen LogP contribution in [0.2, 0.25) is 0 Å². The average Bonchev–Trinajstić information content (AvgIpc) is 3.29. The summed E-state index contributed by atoms with van der Waals surface area (Å²) in [6.07, 6.45) is 3.65. The molecule has 1 N–H and O–H groups in total. The van der Waals surface area contributed by atoms with E-state index in [-0.39, 0.29) is 11.8 Å². The Bertz CT molecular complexity index is 1350. The molecule has 2 heterocycles. The molecular weight excluding hydrogens is 470 g/mol. The zero-order chi connectivity index (χ0) is 26.3. The van der Waals surface area contributed by atoms with E-state index in [0.29, 0.717) is 13.0 Å². The molecule has 38 heavy (non-hydrogen) atoms. The Morgan fingerprint density at radius 1 is 0.947 bits per heavy atom. The molecule has 1 fully saturated rings. The summed E-state index contributed by atoms with van der Waals surface area (Å²) < 4.78 is 7.77. The van der Waals surface area contributed by atoms with Crippen LogP contribution in [0.25, 0.3) is 10.9 Å². The largest absolute Gasteiger partial charge is 0.379 e. The molecule has 0 saturated carbocycles. The van der Waals surface area contributed by atoms with Gasteiger partial charge < -0.3 is 14.6 Å². The van der Waals surface area contributed by atoms with E-state index >= 15 is 0 Å². The number of aryl methyl sites for hydroxylation is 2. The monoisotopic (exact) mass is 509 g/mol. The second-order valence-corrected chi connectivity index (χ2v) is 10.5. The van der Waals surface area contributed by atoms with E-state index < -0.39 is 0 Å². The summed E-state index contributed by atoms with van der Waals surface area (Å²) >= 11 is 0. The lowest BCUT2D eigenvalue weighted by molar-refractivity contribution is -0.121. The lowest BCUT2D eigenvalue weighted by atomic mass is 9.87. The molecule has 3 aromatic carbocycles. The number of ether oxygens (including phenoxy) is 1. The Morgan fingerprint density at radius 2 is 1.74 bits per heavy atom. The SMILES string of the molecule is Cc1ccc(Cn2cc([C@@H](CC(=O)NCCCN3CCOCC3)c3cccc(C)c3)c3ccccc32)cc1. The number of nitrogens with zero attached hydrogens (tertiary/aromatic N) is 2. The first kappa shape index (κ1) is 26.2. The van der Waals surface area contributed by atoms with Crippen LogP contribution in [0.15, 0.2) is 79.0 Å². The number of para-hydroxylation sites is 1. The van der Waals surface area contributed by atoms with Gasteiger partial charge in [0.2, 0.25) is 5.91 Å². The van der Waals surface area contributed by atoms with E-state index in [0.717, 1.165) is 45.8 Å². The van der Waals surface area contributed by atoms with E-state index in [9.17, 15) is 4.79 Å². The zero-order valence-corrected chi connectivity index (χ0v) is 22.7. The van der Waals surface area contributed by atoms with Crippen LogP contribution in [0, 0.1) is 13.8 Å². The van der Waals surface area contributed by atoms with Gasteiger partial charge in [0.25, 0.3) is 0 Å². The number of amides is 1. The van der Waals surface area contributed by atoms with Crippen molar-refractivity contribution in [2.75, 3.05) is 39.4 Å². The minimum Gasteiger partial charge on any atom is -0.379 e. The van der Waals surface area contributed by atoms with E-state index in [4.69, 9.17) is 4.74 Å². The maximum atomic E-state index is 13.3. The molecule has 1 atom stereocenters. The van der Waals surface area contributed by atoms with Crippen LogP contribution in [-0.4, -0.2) is 54.8 Å². The summed E-state index contributed by atoms with van der Waals surface area (Å²) in [5.41, 5.74) is 7.34. The summed E-state index contributed by atoms with van der Waals surface area (Å²) in [6.45, 7) is 10.3. The van der Waals surface area contributed by atoms with Gasteiger partial charge in [-0.3, -0.25) is 9.69 Å². The normalized spacial score (nSPS) is 15.0. The fourth-order valence-corrected chi connectivity index (χ4v) is 5.48. The Labute approximate surface area is 226 Å². The van der Waals surface area contributed by atoms with Crippen molar-refractivity contribution >= 4 is 16.8 Å². The van der Waals surface area contributed by atoms with Crippen molar-refractivity contribution in [2.24, 2.45) is 0 Å². The maximum absolute atomic E-state index is 13.3. The predicted molar refractivity (Wildman–Crippen MR) is 155 cm³/mol. The number of hydrogen-bond acceptors (Lipinski definition) is 3. The van der Waals surface area contributed by atoms with Crippen molar-refractivity contribution in [1.29, 1.82) is 0 Å². The highest BCUT2D eigenvalue weighted by molar-refractivity contribution is 5.86. The van der Waals surface area contributed by atoms with Crippen molar-refractivity contribution in [3.63, 3.8) is 0 Å². The molecule has 1 aromatic heterocycles. The van der Waals surface area contributed by atoms with Crippen LogP contribution in [-0.2, 0) is 16.1 Å². The fraction of sp³-hybridized carbons (Fsp3) is 0.364. The molecule has 5 heteroatoms. The van der Waals surface area contributed by atoms with Gasteiger partial charge >= 0.3 is 0 Å². The van der Waals surface area contributed by atoms with Crippen LogP contribution < -0.4 is 5.32 Å². The molecule has 1 amide bonds. The Balaban J connectivity index is 1.37. The molecule has 0 aliphatic carbocycles. The highest BCUT2D eigenvalue weighted by Crippen LogP contribution is 2.35. The van der Waals surface area contributed by atoms with Crippen LogP contribution in [0.1, 0.15) is 46.6 Å². The molecule has 1 saturated heterocycles. The van der Waals surface area contributed by atoms with E-state index in [1.165, 1.54) is 38.7 Å². The first-order chi connectivity index (χ1) is 18.6. The van der Waals surface area contributed by atoms with Crippen molar-refractivity contribution < 1.29 is 9.53 Å². The van der Waals surface area contributed by atoms with Crippen LogP contribution in [0.4, 0.5) is 0 Å². The Morgan fingerprint density at radius 3 is 2.53 bits per heavy atom. The van der Waals surface area contributed by atoms with E-state index in [2.05, 4.69) is 108 Å². The number of hydrogen-bond donors (Lipinski definition) is 1. The van der Waals surface area contributed by atoms with Crippen LogP contribution in [0.3, 0.4) is 0 Å². The van der Waals surface area contributed by atoms with Gasteiger partial charge in [0, 0.05) is 55.6 Å². The van der Waals surface area contributed by atoms with Crippen LogP contribution >= 0.6 is 0 Å². The highest BCUT2D eigenvalue weighted by Gasteiger charge is 2.23. The lowest BCUT2D eigenvalue weighted by Crippen LogP contribution is -2.38. The van der Waals surface area contributed by atoms with Gasteiger partial charge in [0.05, 0.1) is 13.2 Å². The van der Waals surface area contributed by atoms with Crippen molar-refractivity contribution in [2.45, 2.75) is 39.2 Å². The summed E-state index contributed by atoms with van der Waals surface area (Å²) in [7, 11) is 0. The fourth-order valence-electron chi connectivity index (χ4n) is 5.48. The predicted octanol–water partition coefficient (Wildman–Crippen LogP) is 5.67. The molecule has 4 aromatic rings. The van der Waals surface area contributed by atoms with E-state index in [1.807, 2.05) is 0 Å². The highest BCUT2D eigenvalue weighted by atomic mass is 16.5. The van der Waals surface area contributed by atoms with Gasteiger partial charge in [-0.15, -0.1) is 0 Å². The first-order valence-electron chi connectivity index (χ1n) is 13.8. The molecule has 0 radical (unpaired) electrons. The number of fused-ring (bicyclic) bond motifs is 1. The average molecular weight is 510 g/mol. The third-order valence-corrected chi connectivity index (χ3v) is 7.58. The third-order valence-electron chi connectivity index (χ3n) is 7.58. The minimum absolute atomic E-state index is 0.0155. The maximum Gasteiger partial charge on any atom is 0.220 e. The Hall–Kier alpha value is -3.41. The summed E-state index contributed by atoms with van der Waals surface area (Å²) in [5, 5.41) is 4.42. The van der Waals surface area contributed by atoms with Crippen LogP contribution in [0.5, 0.6) is 0 Å². The molecule has 1 aliphatic rings. The molecule has 5 rings (SSSR count). The zero-order valence-electron chi connectivity index (χ0n) is 22.7. The molecule has 0 unspecified atom stereocenters. The van der Waals surface area contributed by atoms with Gasteiger partial charge in [0.15, 0.2) is 0 Å². The third kappa shape index (κ3) is 6.53. The number of morpholine rings is 1. The minimum atomic E-state index is -0.0155. The first-order valence-corrected chi connectivity index (χ1v) is 13.8. The standard InChI is InChI=1S/C33H39N3O2/c1-25-11-13-27(14-12-25)23-36-24-31(29-9-3-4-10-32(29)36)30(28-8-5-7-26(2)21-28)22-33(37)34-15-6-16-35-17-19-38-20-18-35/h3-5,7-14,21,24,30H,6,15-20,22-23H2,1-2H3,(H,34,37)/t30-/m0/s1. The quantitative estimate of drug-likeness (QED) is 0.280. The molecule has 0 spiro atoms. The summed E-state index contributed by atoms with van der Waals surface area (Å²) in [5.74, 6) is 0.0900. The smallest absolute Gasteiger partial charge is 0.220 e. The van der Waals surface area contributed by atoms with Crippen molar-refractivity contribution in [3.8, 4) is 0 Å². The molecule has 198 valence electrons. The topological polar surface area (TPSA) is 46.5 Å². The van der Waals surface area contributed by atoms with Crippen molar-refractivity contribution in [1.82, 2.24) is 14.8 Å². The van der Waals surface area contributed by atoms with E-state index in [1.54, 1.807) is 0 Å². The number of carbonyl (C=O) groups is 1. The second-order valence-electron chi connectivity index (χ2n) is 10.5. The summed E-state index contributed by atoms with van der Waals surface area (Å²) in [6, 6.07) is 25.9. The van der Waals surface area contributed by atoms with Gasteiger partial charge in [0.1, 0.15) is 0 Å². The van der Waals surface area contributed by atoms with Gasteiger partial charge in [-0.1, -0.05) is 77.9 Å². The number of nitrogens with one attached hydrogen (secondary N) is 1.